The van der Waals surface area contributed by atoms with Crippen LogP contribution in [-0.4, -0.2) is 18.3 Å². The molecule has 0 radical (unpaired) electrons. The molecule has 17 heavy (non-hydrogen) atoms. The first kappa shape index (κ1) is 14.8. The van der Waals surface area contributed by atoms with Gasteiger partial charge in [-0.15, -0.1) is 0 Å². The van der Waals surface area contributed by atoms with Gasteiger partial charge in [0.25, 0.3) is 0 Å². The number of hydrogen-bond acceptors (Lipinski definition) is 2. The van der Waals surface area contributed by atoms with Crippen LogP contribution in [0.25, 0.3) is 0 Å². The van der Waals surface area contributed by atoms with E-state index in [1.807, 2.05) is 0 Å². The maximum Gasteiger partial charge on any atom is 0.461 e. The summed E-state index contributed by atoms with van der Waals surface area (Å²) in [7, 11) is -0.0865. The molecule has 0 aromatic heterocycles. The van der Waals surface area contributed by atoms with Crippen molar-refractivity contribution in [3.05, 3.63) is 11.6 Å². The molecule has 0 spiro atoms. The molecule has 0 amide bonds. The van der Waals surface area contributed by atoms with Crippen LogP contribution in [0.5, 0.6) is 0 Å². The van der Waals surface area contributed by atoms with Crippen LogP contribution in [0.1, 0.15) is 60.8 Å². The molecule has 3 heteroatoms. The zero-order valence-corrected chi connectivity index (χ0v) is 12.3. The van der Waals surface area contributed by atoms with Gasteiger partial charge in [-0.25, -0.2) is 0 Å². The van der Waals surface area contributed by atoms with E-state index >= 15 is 0 Å². The van der Waals surface area contributed by atoms with Gasteiger partial charge in [-0.05, 0) is 47.5 Å². The van der Waals surface area contributed by atoms with Gasteiger partial charge in [0, 0.05) is 6.32 Å². The summed E-state index contributed by atoms with van der Waals surface area (Å²) in [5, 5.41) is 0. The van der Waals surface area contributed by atoms with Gasteiger partial charge in [-0.3, -0.25) is 0 Å². The summed E-state index contributed by atoms with van der Waals surface area (Å²) in [6, 6.07) is 0. The predicted octanol–water partition coefficient (Wildman–Crippen LogP) is 4.22. The smallest absolute Gasteiger partial charge is 0.403 e. The molecule has 1 fully saturated rings. The lowest BCUT2D eigenvalue weighted by molar-refractivity contribution is 0.00578. The third-order valence-electron chi connectivity index (χ3n) is 3.89. The minimum Gasteiger partial charge on any atom is -0.403 e. The first-order chi connectivity index (χ1) is 7.78. The molecule has 1 rings (SSSR count). The molecule has 0 unspecified atom stereocenters. The molecule has 0 aromatic rings. The molecule has 0 aliphatic carbocycles. The molecule has 1 aliphatic heterocycles. The molecule has 1 heterocycles. The lowest BCUT2D eigenvalue weighted by atomic mass is 9.84. The topological polar surface area (TPSA) is 18.5 Å². The largest absolute Gasteiger partial charge is 0.461 e. The van der Waals surface area contributed by atoms with Crippen molar-refractivity contribution in [1.29, 1.82) is 0 Å². The van der Waals surface area contributed by atoms with Gasteiger partial charge < -0.3 is 9.31 Å². The molecule has 0 saturated carbocycles. The highest BCUT2D eigenvalue weighted by atomic mass is 16.7. The van der Waals surface area contributed by atoms with Crippen molar-refractivity contribution in [2.75, 3.05) is 0 Å². The van der Waals surface area contributed by atoms with Crippen LogP contribution in [0.15, 0.2) is 11.6 Å². The first-order valence-corrected chi connectivity index (χ1v) is 6.80. The second-order valence-corrected chi connectivity index (χ2v) is 6.08. The van der Waals surface area contributed by atoms with Crippen molar-refractivity contribution in [3.8, 4) is 0 Å². The summed E-state index contributed by atoms with van der Waals surface area (Å²) in [6.45, 7) is 12.8. The van der Waals surface area contributed by atoms with Crippen LogP contribution in [0, 0.1) is 0 Å². The van der Waals surface area contributed by atoms with E-state index in [1.165, 1.54) is 24.8 Å². The van der Waals surface area contributed by atoms with Crippen molar-refractivity contribution in [3.63, 3.8) is 0 Å². The Bertz CT molecular complexity index is 266. The average Bonchev–Trinajstić information content (AvgIpc) is 2.41. The Hall–Kier alpha value is -0.275. The van der Waals surface area contributed by atoms with E-state index in [0.717, 1.165) is 6.32 Å². The molecule has 0 atom stereocenters. The van der Waals surface area contributed by atoms with Crippen molar-refractivity contribution in [1.82, 2.24) is 0 Å². The van der Waals surface area contributed by atoms with E-state index in [4.69, 9.17) is 9.31 Å². The monoisotopic (exact) mass is 238 g/mol. The summed E-state index contributed by atoms with van der Waals surface area (Å²) < 4.78 is 11.9. The fourth-order valence-corrected chi connectivity index (χ4v) is 1.92. The van der Waals surface area contributed by atoms with Crippen LogP contribution in [0.3, 0.4) is 0 Å². The molecule has 1 saturated heterocycles. The molecule has 98 valence electrons. The standard InChI is InChI=1S/C14H27BO2/c1-7-8-9-12(2)10-11-15-16-13(3,4)14(5,6)17-15/h10H,7-9,11H2,1-6H3/b12-10+. The molecular formula is C14H27BO2. The highest BCUT2D eigenvalue weighted by Crippen LogP contribution is 2.37. The summed E-state index contributed by atoms with van der Waals surface area (Å²) in [6.07, 6.45) is 6.84. The Labute approximate surface area is 107 Å². The van der Waals surface area contributed by atoms with E-state index in [-0.39, 0.29) is 18.3 Å². The van der Waals surface area contributed by atoms with E-state index in [0.29, 0.717) is 0 Å². The third kappa shape index (κ3) is 3.85. The lowest BCUT2D eigenvalue weighted by Crippen LogP contribution is -2.41. The van der Waals surface area contributed by atoms with Gasteiger partial charge in [0.2, 0.25) is 0 Å². The maximum absolute atomic E-state index is 5.95. The van der Waals surface area contributed by atoms with Gasteiger partial charge in [0.15, 0.2) is 0 Å². The Morgan fingerprint density at radius 2 is 1.65 bits per heavy atom. The zero-order chi connectivity index (χ0) is 13.1. The average molecular weight is 238 g/mol. The van der Waals surface area contributed by atoms with Crippen LogP contribution in [0.4, 0.5) is 0 Å². The first-order valence-electron chi connectivity index (χ1n) is 6.80. The minimum atomic E-state index is -0.206. The maximum atomic E-state index is 5.95. The number of rotatable bonds is 5. The third-order valence-corrected chi connectivity index (χ3v) is 3.89. The SMILES string of the molecule is CCCC/C(C)=C/CB1OC(C)(C)C(C)(C)O1. The van der Waals surface area contributed by atoms with E-state index in [1.54, 1.807) is 0 Å². The molecule has 0 bridgehead atoms. The molecule has 0 N–H and O–H groups in total. The quantitative estimate of drug-likeness (QED) is 0.527. The predicted molar refractivity (Wildman–Crippen MR) is 74.2 cm³/mol. The Kier molecular flexibility index (Phi) is 4.85. The summed E-state index contributed by atoms with van der Waals surface area (Å²) >= 11 is 0. The van der Waals surface area contributed by atoms with Crippen molar-refractivity contribution >= 4 is 7.12 Å². The van der Waals surface area contributed by atoms with Gasteiger partial charge in [0.05, 0.1) is 11.2 Å². The second-order valence-electron chi connectivity index (χ2n) is 6.08. The second kappa shape index (κ2) is 5.58. The summed E-state index contributed by atoms with van der Waals surface area (Å²) in [5.41, 5.74) is 1.03. The molecule has 2 nitrogen and oxygen atoms in total. The summed E-state index contributed by atoms with van der Waals surface area (Å²) in [4.78, 5) is 0. The summed E-state index contributed by atoms with van der Waals surface area (Å²) in [5.74, 6) is 0. The van der Waals surface area contributed by atoms with E-state index in [9.17, 15) is 0 Å². The Morgan fingerprint density at radius 1 is 1.12 bits per heavy atom. The number of unbranched alkanes of at least 4 members (excludes halogenated alkanes) is 1. The fourth-order valence-electron chi connectivity index (χ4n) is 1.92. The highest BCUT2D eigenvalue weighted by molar-refractivity contribution is 6.46. The van der Waals surface area contributed by atoms with E-state index in [2.05, 4.69) is 47.6 Å². The van der Waals surface area contributed by atoms with Crippen LogP contribution >= 0.6 is 0 Å². The normalized spacial score (nSPS) is 23.2. The van der Waals surface area contributed by atoms with Crippen molar-refractivity contribution < 1.29 is 9.31 Å². The molecular weight excluding hydrogens is 211 g/mol. The lowest BCUT2D eigenvalue weighted by Gasteiger charge is -2.32. The van der Waals surface area contributed by atoms with Gasteiger partial charge >= 0.3 is 7.12 Å². The van der Waals surface area contributed by atoms with Crippen LogP contribution < -0.4 is 0 Å². The van der Waals surface area contributed by atoms with Crippen LogP contribution in [0.2, 0.25) is 6.32 Å². The minimum absolute atomic E-state index is 0.0865. The number of allylic oxidation sites excluding steroid dienone is 2. The zero-order valence-electron chi connectivity index (χ0n) is 12.3. The fraction of sp³-hybridized carbons (Fsp3) is 0.857. The van der Waals surface area contributed by atoms with Crippen molar-refractivity contribution in [2.24, 2.45) is 0 Å². The Balaban J connectivity index is 2.45. The molecule has 1 aliphatic rings. The molecule has 0 aromatic carbocycles. The van der Waals surface area contributed by atoms with Crippen molar-refractivity contribution in [2.45, 2.75) is 78.3 Å². The van der Waals surface area contributed by atoms with Gasteiger partial charge in [-0.2, -0.15) is 0 Å². The highest BCUT2D eigenvalue weighted by Gasteiger charge is 2.50. The Morgan fingerprint density at radius 3 is 2.12 bits per heavy atom. The van der Waals surface area contributed by atoms with Gasteiger partial charge in [0.1, 0.15) is 0 Å². The number of hydrogen-bond donors (Lipinski definition) is 0. The van der Waals surface area contributed by atoms with Gasteiger partial charge in [-0.1, -0.05) is 25.0 Å². The van der Waals surface area contributed by atoms with E-state index < -0.39 is 0 Å². The van der Waals surface area contributed by atoms with Crippen LogP contribution in [-0.2, 0) is 9.31 Å².